The topological polar surface area (TPSA) is 71.4 Å². The van der Waals surface area contributed by atoms with Gasteiger partial charge in [0.05, 0.1) is 0 Å². The first-order valence-electron chi connectivity index (χ1n) is 2.80. The van der Waals surface area contributed by atoms with Gasteiger partial charge in [0.25, 0.3) is 9.74 Å². The zero-order valence-electron chi connectivity index (χ0n) is 5.15. The van der Waals surface area contributed by atoms with E-state index in [-0.39, 0.29) is 5.52 Å². The van der Waals surface area contributed by atoms with Gasteiger partial charge in [-0.25, -0.2) is 0 Å². The first kappa shape index (κ1) is 8.11. The fourth-order valence-electron chi connectivity index (χ4n) is 0.867. The van der Waals surface area contributed by atoms with E-state index in [9.17, 15) is 13.2 Å². The van der Waals surface area contributed by atoms with Gasteiger partial charge in [0.2, 0.25) is 0 Å². The number of hydrogen-bond donors (Lipinski definition) is 1. The fraction of sp³-hybridized carbons (Fsp3) is 0.750. The second-order valence-electron chi connectivity index (χ2n) is 2.05. The van der Waals surface area contributed by atoms with Crippen molar-refractivity contribution in [2.45, 2.75) is 12.8 Å². The van der Waals surface area contributed by atoms with E-state index in [4.69, 9.17) is 4.55 Å². The lowest BCUT2D eigenvalue weighted by Gasteiger charge is -2.00. The Balaban J connectivity index is 2.84. The van der Waals surface area contributed by atoms with Crippen molar-refractivity contribution in [1.82, 2.24) is 0 Å². The van der Waals surface area contributed by atoms with Crippen LogP contribution >= 0.6 is 7.12 Å². The highest BCUT2D eigenvalue weighted by atomic mass is 32.8. The summed E-state index contributed by atoms with van der Waals surface area (Å²) in [5.74, 6) is 0. The van der Waals surface area contributed by atoms with Crippen LogP contribution in [-0.4, -0.2) is 24.7 Å². The van der Waals surface area contributed by atoms with E-state index < -0.39 is 16.9 Å². The van der Waals surface area contributed by atoms with Crippen LogP contribution in [-0.2, 0) is 14.5 Å². The third kappa shape index (κ3) is 1.54. The Kier molecular flexibility index (Phi) is 2.08. The molecule has 1 N–H and O–H groups in total. The minimum Gasteiger partial charge on any atom is -0.293 e. The van der Waals surface area contributed by atoms with Crippen molar-refractivity contribution in [2.75, 3.05) is 6.16 Å². The third-order valence-electron chi connectivity index (χ3n) is 1.31. The van der Waals surface area contributed by atoms with Crippen LogP contribution in [0.3, 0.4) is 0 Å². The molecular weight excluding hydrogens is 175 g/mol. The lowest BCUT2D eigenvalue weighted by Crippen LogP contribution is -1.99. The van der Waals surface area contributed by atoms with E-state index in [1.165, 1.54) is 0 Å². The Bertz CT molecular complexity index is 244. The number of carbonyl (C=O) groups is 1. The molecule has 4 nitrogen and oxygen atoms in total. The van der Waals surface area contributed by atoms with Crippen LogP contribution in [0.2, 0.25) is 0 Å². The number of carbonyl (C=O) groups excluding carboxylic acids is 1. The van der Waals surface area contributed by atoms with Crippen molar-refractivity contribution in [3.05, 3.63) is 0 Å². The van der Waals surface area contributed by atoms with Gasteiger partial charge in [-0.05, 0) is 12.6 Å². The van der Waals surface area contributed by atoms with Gasteiger partial charge in [-0.2, -0.15) is 8.42 Å². The quantitative estimate of drug-likeness (QED) is 0.476. The Hall–Kier alpha value is 0.01000. The average Bonchev–Trinajstić information content (AvgIpc) is 2.11. The molecule has 1 aliphatic rings. The molecule has 1 heterocycles. The standard InChI is InChI=1S/C4H7O4PS/c5-4-2-1-3-9(4)10(6,7)8/h1-3H2,(H,6,7,8). The summed E-state index contributed by atoms with van der Waals surface area (Å²) >= 11 is 0. The number of hydrogen-bond acceptors (Lipinski definition) is 3. The summed E-state index contributed by atoms with van der Waals surface area (Å²) in [6.45, 7) is 0. The molecule has 0 aromatic heterocycles. The van der Waals surface area contributed by atoms with E-state index in [1.807, 2.05) is 0 Å². The molecule has 1 atom stereocenters. The molecule has 1 fully saturated rings. The van der Waals surface area contributed by atoms with Crippen LogP contribution in [0.4, 0.5) is 0 Å². The molecule has 0 saturated carbocycles. The lowest BCUT2D eigenvalue weighted by atomic mass is 10.4. The first-order valence-corrected chi connectivity index (χ1v) is 6.37. The van der Waals surface area contributed by atoms with Crippen molar-refractivity contribution >= 4 is 22.4 Å². The van der Waals surface area contributed by atoms with Crippen molar-refractivity contribution in [2.24, 2.45) is 0 Å². The summed E-state index contributed by atoms with van der Waals surface area (Å²) in [6.07, 6.45) is 1.25. The zero-order chi connectivity index (χ0) is 7.78. The predicted molar refractivity (Wildman–Crippen MR) is 37.6 cm³/mol. The summed E-state index contributed by atoms with van der Waals surface area (Å²) < 4.78 is 29.3. The van der Waals surface area contributed by atoms with Crippen molar-refractivity contribution in [3.8, 4) is 0 Å². The van der Waals surface area contributed by atoms with Crippen LogP contribution in [0.25, 0.3) is 0 Å². The van der Waals surface area contributed by atoms with Gasteiger partial charge in [0.15, 0.2) is 5.52 Å². The molecule has 1 aliphatic heterocycles. The molecule has 0 aromatic rings. The molecule has 0 bridgehead atoms. The maximum absolute atomic E-state index is 10.7. The fourth-order valence-corrected chi connectivity index (χ4v) is 4.58. The van der Waals surface area contributed by atoms with Gasteiger partial charge in [-0.15, -0.1) is 0 Å². The minimum absolute atomic E-state index is 0.294. The molecule has 0 aromatic carbocycles. The van der Waals surface area contributed by atoms with E-state index >= 15 is 0 Å². The zero-order valence-corrected chi connectivity index (χ0v) is 6.86. The van der Waals surface area contributed by atoms with Crippen LogP contribution in [0.15, 0.2) is 0 Å². The molecule has 58 valence electrons. The second-order valence-corrected chi connectivity index (χ2v) is 7.35. The summed E-state index contributed by atoms with van der Waals surface area (Å²) in [5, 5.41) is 0. The van der Waals surface area contributed by atoms with Crippen molar-refractivity contribution in [3.63, 3.8) is 0 Å². The Morgan fingerprint density at radius 1 is 1.50 bits per heavy atom. The van der Waals surface area contributed by atoms with Gasteiger partial charge in [0, 0.05) is 6.42 Å². The van der Waals surface area contributed by atoms with Gasteiger partial charge in [-0.3, -0.25) is 9.35 Å². The van der Waals surface area contributed by atoms with E-state index in [2.05, 4.69) is 0 Å². The maximum Gasteiger partial charge on any atom is 0.288 e. The highest BCUT2D eigenvalue weighted by Crippen LogP contribution is 2.49. The molecule has 0 radical (unpaired) electrons. The molecule has 6 heteroatoms. The number of rotatable bonds is 1. The molecule has 1 unspecified atom stereocenters. The SMILES string of the molecule is O=C1CCCP1S(=O)(=O)O. The average molecular weight is 182 g/mol. The molecule has 0 aliphatic carbocycles. The highest BCUT2D eigenvalue weighted by molar-refractivity contribution is 8.52. The summed E-state index contributed by atoms with van der Waals surface area (Å²) in [6, 6.07) is 0. The Morgan fingerprint density at radius 3 is 2.30 bits per heavy atom. The summed E-state index contributed by atoms with van der Waals surface area (Å²) in [7, 11) is -5.79. The van der Waals surface area contributed by atoms with Gasteiger partial charge in [0.1, 0.15) is 7.12 Å². The van der Waals surface area contributed by atoms with E-state index in [0.717, 1.165) is 0 Å². The van der Waals surface area contributed by atoms with Crippen LogP contribution in [0.1, 0.15) is 12.8 Å². The van der Waals surface area contributed by atoms with Crippen molar-refractivity contribution < 1.29 is 17.8 Å². The lowest BCUT2D eigenvalue weighted by molar-refractivity contribution is -0.110. The maximum atomic E-state index is 10.7. The van der Waals surface area contributed by atoms with Gasteiger partial charge >= 0.3 is 0 Å². The Labute approximate surface area is 59.9 Å². The molecule has 0 amide bonds. The molecule has 0 spiro atoms. The van der Waals surface area contributed by atoms with Gasteiger partial charge in [-0.1, -0.05) is 0 Å². The molecular formula is C4H7O4PS. The summed E-state index contributed by atoms with van der Waals surface area (Å²) in [4.78, 5) is 10.7. The molecule has 10 heavy (non-hydrogen) atoms. The van der Waals surface area contributed by atoms with Crippen LogP contribution in [0, 0.1) is 0 Å². The molecule has 1 saturated heterocycles. The highest BCUT2D eigenvalue weighted by Gasteiger charge is 2.34. The second kappa shape index (κ2) is 2.57. The Morgan fingerprint density at radius 2 is 2.10 bits per heavy atom. The molecule has 1 rings (SSSR count). The largest absolute Gasteiger partial charge is 0.293 e. The van der Waals surface area contributed by atoms with Crippen molar-refractivity contribution in [1.29, 1.82) is 0 Å². The van der Waals surface area contributed by atoms with E-state index in [0.29, 0.717) is 19.0 Å². The van der Waals surface area contributed by atoms with Gasteiger partial charge < -0.3 is 0 Å². The van der Waals surface area contributed by atoms with Crippen LogP contribution in [0.5, 0.6) is 0 Å². The first-order chi connectivity index (χ1) is 4.52. The minimum atomic E-state index is -4.04. The van der Waals surface area contributed by atoms with E-state index in [1.54, 1.807) is 0 Å². The summed E-state index contributed by atoms with van der Waals surface area (Å²) in [5.41, 5.74) is -0.294. The monoisotopic (exact) mass is 182 g/mol. The smallest absolute Gasteiger partial charge is 0.288 e. The normalized spacial score (nSPS) is 27.3. The predicted octanol–water partition coefficient (Wildman–Crippen LogP) is 0.592. The van der Waals surface area contributed by atoms with Crippen LogP contribution < -0.4 is 0 Å². The third-order valence-corrected chi connectivity index (χ3v) is 6.20.